The molecule has 0 fully saturated rings. The van der Waals surface area contributed by atoms with Gasteiger partial charge in [0, 0.05) is 24.5 Å². The van der Waals surface area contributed by atoms with Gasteiger partial charge in [-0.15, -0.1) is 0 Å². The lowest BCUT2D eigenvalue weighted by Crippen LogP contribution is -2.35. The van der Waals surface area contributed by atoms with Crippen molar-refractivity contribution in [2.24, 2.45) is 0 Å². The fourth-order valence-electron chi connectivity index (χ4n) is 1.92. The number of hydrogen-bond donors (Lipinski definition) is 0. The molecule has 1 aromatic heterocycles. The zero-order valence-corrected chi connectivity index (χ0v) is 13.1. The molecule has 0 radical (unpaired) electrons. The highest BCUT2D eigenvalue weighted by Crippen LogP contribution is 2.12. The van der Waals surface area contributed by atoms with Crippen LogP contribution in [0.2, 0.25) is 0 Å². The highest BCUT2D eigenvalue weighted by Gasteiger charge is 2.20. The maximum atomic E-state index is 11.7. The van der Waals surface area contributed by atoms with Crippen LogP contribution in [0.4, 0.5) is 0 Å². The summed E-state index contributed by atoms with van der Waals surface area (Å²) >= 11 is 0. The first-order valence-electron chi connectivity index (χ1n) is 6.75. The second-order valence-corrected chi connectivity index (χ2v) is 7.10. The molecule has 5 heteroatoms. The molecule has 0 aliphatic rings. The summed E-state index contributed by atoms with van der Waals surface area (Å²) in [4.78, 5) is 4.39. The summed E-state index contributed by atoms with van der Waals surface area (Å²) in [6, 6.07) is 3.92. The summed E-state index contributed by atoms with van der Waals surface area (Å²) in [5.74, 6) is 0. The number of unbranched alkanes of at least 4 members (excludes halogenated alkanes) is 1. The summed E-state index contributed by atoms with van der Waals surface area (Å²) in [5, 5.41) is 0. The molecule has 108 valence electrons. The van der Waals surface area contributed by atoms with Gasteiger partial charge in [0.05, 0.1) is 6.26 Å². The van der Waals surface area contributed by atoms with E-state index in [0.29, 0.717) is 6.54 Å². The van der Waals surface area contributed by atoms with Crippen LogP contribution < -0.4 is 0 Å². The quantitative estimate of drug-likeness (QED) is 0.773. The lowest BCUT2D eigenvalue weighted by atomic mass is 10.1. The highest BCUT2D eigenvalue weighted by molar-refractivity contribution is 7.88. The maximum absolute atomic E-state index is 11.7. The third kappa shape index (κ3) is 5.28. The fourth-order valence-corrected chi connectivity index (χ4v) is 3.07. The number of aromatic nitrogens is 1. The van der Waals surface area contributed by atoms with Crippen LogP contribution in [0.15, 0.2) is 18.3 Å². The van der Waals surface area contributed by atoms with Crippen molar-refractivity contribution in [1.29, 1.82) is 0 Å². The summed E-state index contributed by atoms with van der Waals surface area (Å²) < 4.78 is 24.9. The molecule has 0 saturated carbocycles. The molecule has 0 saturated heterocycles. The van der Waals surface area contributed by atoms with E-state index in [-0.39, 0.29) is 6.04 Å². The van der Waals surface area contributed by atoms with E-state index >= 15 is 0 Å². The molecular formula is C14H24N2O2S. The topological polar surface area (TPSA) is 50.3 Å². The van der Waals surface area contributed by atoms with Gasteiger partial charge >= 0.3 is 0 Å². The summed E-state index contributed by atoms with van der Waals surface area (Å²) in [6.07, 6.45) is 6.30. The van der Waals surface area contributed by atoms with Crippen molar-refractivity contribution in [3.63, 3.8) is 0 Å². The third-order valence-corrected chi connectivity index (χ3v) is 4.42. The Balaban J connectivity index is 2.76. The predicted molar refractivity (Wildman–Crippen MR) is 78.4 cm³/mol. The van der Waals surface area contributed by atoms with Gasteiger partial charge < -0.3 is 0 Å². The molecule has 1 aromatic rings. The van der Waals surface area contributed by atoms with Gasteiger partial charge in [-0.05, 0) is 38.3 Å². The zero-order chi connectivity index (χ0) is 14.5. The lowest BCUT2D eigenvalue weighted by Gasteiger charge is -2.23. The molecule has 4 nitrogen and oxygen atoms in total. The lowest BCUT2D eigenvalue weighted by molar-refractivity contribution is 0.350. The molecule has 0 aromatic carbocycles. The van der Waals surface area contributed by atoms with Gasteiger partial charge in [0.25, 0.3) is 0 Å². The van der Waals surface area contributed by atoms with Gasteiger partial charge in [0.15, 0.2) is 0 Å². The van der Waals surface area contributed by atoms with Crippen LogP contribution in [0.3, 0.4) is 0 Å². The molecule has 0 N–H and O–H groups in total. The smallest absolute Gasteiger partial charge is 0.211 e. The Bertz CT molecular complexity index is 481. The van der Waals surface area contributed by atoms with Crippen molar-refractivity contribution < 1.29 is 8.42 Å². The van der Waals surface area contributed by atoms with Crippen molar-refractivity contribution in [3.05, 3.63) is 29.6 Å². The van der Waals surface area contributed by atoms with Crippen molar-refractivity contribution in [2.75, 3.05) is 6.26 Å². The highest BCUT2D eigenvalue weighted by atomic mass is 32.2. The number of hydrogen-bond acceptors (Lipinski definition) is 3. The van der Waals surface area contributed by atoms with Crippen molar-refractivity contribution >= 4 is 10.0 Å². The molecule has 0 bridgehead atoms. The number of nitrogens with zero attached hydrogens (tertiary/aromatic N) is 2. The summed E-state index contributed by atoms with van der Waals surface area (Å²) in [7, 11) is -3.18. The van der Waals surface area contributed by atoms with Crippen LogP contribution in [0, 0.1) is 0 Å². The standard InChI is InChI=1S/C14H24N2O2S/c1-5-6-7-14-9-8-13(10-15-14)11-16(12(2)3)19(4,17)18/h8-10,12H,5-7,11H2,1-4H3. The molecule has 0 aliphatic carbocycles. The second-order valence-electron chi connectivity index (χ2n) is 5.16. The van der Waals surface area contributed by atoms with E-state index in [1.807, 2.05) is 26.0 Å². The Hall–Kier alpha value is -0.940. The van der Waals surface area contributed by atoms with Crippen molar-refractivity contribution in [1.82, 2.24) is 9.29 Å². The van der Waals surface area contributed by atoms with Crippen LogP contribution >= 0.6 is 0 Å². The Kier molecular flexibility index (Phi) is 5.94. The SMILES string of the molecule is CCCCc1ccc(CN(C(C)C)S(C)(=O)=O)cn1. The van der Waals surface area contributed by atoms with Gasteiger partial charge in [-0.3, -0.25) is 4.98 Å². The summed E-state index contributed by atoms with van der Waals surface area (Å²) in [5.41, 5.74) is 2.00. The van der Waals surface area contributed by atoms with Gasteiger partial charge in [0.2, 0.25) is 10.0 Å². The molecule has 0 amide bonds. The minimum atomic E-state index is -3.18. The molecular weight excluding hydrogens is 260 g/mol. The maximum Gasteiger partial charge on any atom is 0.211 e. The minimum absolute atomic E-state index is 0.0465. The first-order valence-corrected chi connectivity index (χ1v) is 8.60. The second kappa shape index (κ2) is 7.01. The minimum Gasteiger partial charge on any atom is -0.261 e. The number of rotatable bonds is 7. The number of sulfonamides is 1. The largest absolute Gasteiger partial charge is 0.261 e. The number of aryl methyl sites for hydroxylation is 1. The Morgan fingerprint density at radius 1 is 1.32 bits per heavy atom. The molecule has 0 spiro atoms. The van der Waals surface area contributed by atoms with E-state index in [4.69, 9.17) is 0 Å². The molecule has 1 heterocycles. The van der Waals surface area contributed by atoms with Gasteiger partial charge in [-0.2, -0.15) is 4.31 Å². The monoisotopic (exact) mass is 284 g/mol. The zero-order valence-electron chi connectivity index (χ0n) is 12.3. The first kappa shape index (κ1) is 16.1. The van der Waals surface area contributed by atoms with Crippen LogP contribution in [-0.2, 0) is 23.0 Å². The van der Waals surface area contributed by atoms with E-state index in [1.165, 1.54) is 10.6 Å². The fraction of sp³-hybridized carbons (Fsp3) is 0.643. The molecule has 0 atom stereocenters. The van der Waals surface area contributed by atoms with Crippen LogP contribution in [-0.4, -0.2) is 30.0 Å². The van der Waals surface area contributed by atoms with Crippen molar-refractivity contribution in [2.45, 2.75) is 52.6 Å². The summed E-state index contributed by atoms with van der Waals surface area (Å²) in [6.45, 7) is 6.30. The average molecular weight is 284 g/mol. The van der Waals surface area contributed by atoms with E-state index < -0.39 is 10.0 Å². The van der Waals surface area contributed by atoms with E-state index in [2.05, 4.69) is 11.9 Å². The van der Waals surface area contributed by atoms with Crippen LogP contribution in [0.25, 0.3) is 0 Å². The van der Waals surface area contributed by atoms with E-state index in [9.17, 15) is 8.42 Å². The third-order valence-electron chi connectivity index (χ3n) is 3.01. The Morgan fingerprint density at radius 2 is 2.00 bits per heavy atom. The Morgan fingerprint density at radius 3 is 2.42 bits per heavy atom. The van der Waals surface area contributed by atoms with E-state index in [0.717, 1.165) is 30.5 Å². The number of pyridine rings is 1. The van der Waals surface area contributed by atoms with Crippen LogP contribution in [0.5, 0.6) is 0 Å². The first-order chi connectivity index (χ1) is 8.84. The van der Waals surface area contributed by atoms with Crippen molar-refractivity contribution in [3.8, 4) is 0 Å². The van der Waals surface area contributed by atoms with Crippen LogP contribution in [0.1, 0.15) is 44.9 Å². The Labute approximate surface area is 116 Å². The normalized spacial score (nSPS) is 12.3. The molecule has 0 aliphatic heterocycles. The van der Waals surface area contributed by atoms with Gasteiger partial charge in [-0.1, -0.05) is 19.4 Å². The molecule has 1 rings (SSSR count). The predicted octanol–water partition coefficient (Wildman–Crippen LogP) is 2.59. The van der Waals surface area contributed by atoms with Gasteiger partial charge in [0.1, 0.15) is 0 Å². The molecule has 0 unspecified atom stereocenters. The van der Waals surface area contributed by atoms with E-state index in [1.54, 1.807) is 6.20 Å². The molecule has 19 heavy (non-hydrogen) atoms. The van der Waals surface area contributed by atoms with Gasteiger partial charge in [-0.25, -0.2) is 8.42 Å². The average Bonchev–Trinajstić information content (AvgIpc) is 2.33.